The first-order valence-corrected chi connectivity index (χ1v) is 25.6. The summed E-state index contributed by atoms with van der Waals surface area (Å²) in [6.07, 6.45) is -4.55. The van der Waals surface area contributed by atoms with Crippen LogP contribution in [0.4, 0.5) is 13.2 Å². The van der Waals surface area contributed by atoms with Crippen LogP contribution in [-0.4, -0.2) is 18.3 Å². The third-order valence-corrected chi connectivity index (χ3v) is 15.6. The van der Waals surface area contributed by atoms with Gasteiger partial charge in [0.05, 0.1) is 72.7 Å². The summed E-state index contributed by atoms with van der Waals surface area (Å²) in [7, 11) is 0. The first-order chi connectivity index (χ1) is 37.7. The molecule has 15 rings (SSSR count). The first-order valence-electron chi connectivity index (χ1n) is 25.6. The lowest BCUT2D eigenvalue weighted by atomic mass is 9.93. The van der Waals surface area contributed by atoms with Gasteiger partial charge in [0.15, 0.2) is 0 Å². The van der Waals surface area contributed by atoms with Gasteiger partial charge in [-0.25, -0.2) is 0 Å². The smallest absolute Gasteiger partial charge is 0.309 e. The lowest BCUT2D eigenvalue weighted by Crippen LogP contribution is -2.05. The molecule has 0 aliphatic rings. The van der Waals surface area contributed by atoms with Gasteiger partial charge in [0, 0.05) is 65.6 Å². The molecule has 5 nitrogen and oxygen atoms in total. The molecular weight excluding hydrogens is 956 g/mol. The second kappa shape index (κ2) is 16.7. The van der Waals surface area contributed by atoms with Crippen LogP contribution >= 0.6 is 0 Å². The molecule has 0 saturated carbocycles. The van der Waals surface area contributed by atoms with Crippen LogP contribution in [0.1, 0.15) is 16.7 Å². The van der Waals surface area contributed by atoms with E-state index in [0.717, 1.165) is 121 Å². The van der Waals surface area contributed by atoms with Crippen molar-refractivity contribution in [1.82, 2.24) is 18.3 Å². The van der Waals surface area contributed by atoms with E-state index in [-0.39, 0.29) is 0 Å². The van der Waals surface area contributed by atoms with Crippen LogP contribution in [0.2, 0.25) is 0 Å². The maximum atomic E-state index is 14.7. The summed E-state index contributed by atoms with van der Waals surface area (Å²) in [6, 6.07) is 82.3. The Labute approximate surface area is 439 Å². The monoisotopic (exact) mass is 997 g/mol. The van der Waals surface area contributed by atoms with Crippen molar-refractivity contribution in [3.8, 4) is 51.1 Å². The van der Waals surface area contributed by atoms with E-state index in [1.54, 1.807) is 6.92 Å². The molecule has 0 saturated heterocycles. The van der Waals surface area contributed by atoms with Gasteiger partial charge >= 0.3 is 6.18 Å². The zero-order chi connectivity index (χ0) is 51.7. The standard InChI is InChI=1S/C69H42F3N5/c1-42-32-45(35-46(33-42)69(70,71)72)44-29-31-64(77-62-27-15-11-23-52(62)58-38-56-50-21-9-13-25-60(50)75(66(56)40-68(58)77)48-18-6-3-7-19-48)54(36-44)53-34-43(41-73)28-30-63(53)76-61-26-14-10-22-51(61)57-37-55-49-20-8-12-24-59(49)74(65(55)39-67(57)76)47-16-4-2-5-17-47/h2-40H,1H3. The highest BCUT2D eigenvalue weighted by atomic mass is 19.4. The number of alkyl halides is 3. The van der Waals surface area contributed by atoms with Gasteiger partial charge in [-0.05, 0) is 139 Å². The summed E-state index contributed by atoms with van der Waals surface area (Å²) >= 11 is 0. The van der Waals surface area contributed by atoms with E-state index in [9.17, 15) is 18.4 Å². The molecule has 0 aliphatic heterocycles. The Morgan fingerprint density at radius 3 is 1.19 bits per heavy atom. The van der Waals surface area contributed by atoms with Gasteiger partial charge in [-0.1, -0.05) is 121 Å². The molecule has 11 aromatic carbocycles. The Morgan fingerprint density at radius 1 is 0.338 bits per heavy atom. The number of benzene rings is 11. The van der Waals surface area contributed by atoms with E-state index < -0.39 is 11.7 Å². The van der Waals surface area contributed by atoms with Crippen LogP contribution < -0.4 is 0 Å². The van der Waals surface area contributed by atoms with E-state index in [1.807, 2.05) is 60.7 Å². The fourth-order valence-corrected chi connectivity index (χ4v) is 12.3. The Morgan fingerprint density at radius 2 is 0.740 bits per heavy atom. The number of fused-ring (bicyclic) bond motifs is 12. The second-order valence-corrected chi connectivity index (χ2v) is 20.0. The third kappa shape index (κ3) is 6.73. The Bertz CT molecular complexity index is 4990. The van der Waals surface area contributed by atoms with Crippen LogP contribution in [0.5, 0.6) is 0 Å². The lowest BCUT2D eigenvalue weighted by Gasteiger charge is -2.20. The molecule has 0 amide bonds. The number of aromatic nitrogens is 4. The Balaban J connectivity index is 1.07. The number of halogens is 3. The summed E-state index contributed by atoms with van der Waals surface area (Å²) in [6.45, 7) is 1.70. The van der Waals surface area contributed by atoms with Crippen molar-refractivity contribution in [3.63, 3.8) is 0 Å². The number of para-hydroxylation sites is 6. The van der Waals surface area contributed by atoms with E-state index in [1.165, 1.54) is 12.1 Å². The zero-order valence-corrected chi connectivity index (χ0v) is 41.4. The predicted octanol–water partition coefficient (Wildman–Crippen LogP) is 18.6. The fourth-order valence-electron chi connectivity index (χ4n) is 12.3. The molecular formula is C69H42F3N5. The van der Waals surface area contributed by atoms with Crippen molar-refractivity contribution < 1.29 is 13.2 Å². The number of aryl methyl sites for hydroxylation is 1. The Kier molecular flexibility index (Phi) is 9.63. The molecule has 0 bridgehead atoms. The first kappa shape index (κ1) is 44.4. The summed E-state index contributed by atoms with van der Waals surface area (Å²) < 4.78 is 53.2. The minimum absolute atomic E-state index is 0.437. The second-order valence-electron chi connectivity index (χ2n) is 20.0. The minimum atomic E-state index is -4.55. The molecule has 0 radical (unpaired) electrons. The normalized spacial score (nSPS) is 12.1. The van der Waals surface area contributed by atoms with Crippen LogP contribution in [-0.2, 0) is 6.18 Å². The van der Waals surface area contributed by atoms with Gasteiger partial charge in [0.2, 0.25) is 0 Å². The highest BCUT2D eigenvalue weighted by molar-refractivity contribution is 6.21. The van der Waals surface area contributed by atoms with Gasteiger partial charge in [-0.15, -0.1) is 0 Å². The molecule has 0 unspecified atom stereocenters. The SMILES string of the molecule is Cc1cc(-c2ccc(-n3c4ccccc4c4cc5c6ccccc6n(-c6ccccc6)c5cc43)c(-c3cc(C#N)ccc3-n3c4ccccc4c4cc5c6ccccc6n(-c6ccccc6)c5cc43)c2)cc(C(F)(F)F)c1. The number of rotatable bonds is 6. The molecule has 0 atom stereocenters. The quantitative estimate of drug-likeness (QED) is 0.164. The predicted molar refractivity (Wildman–Crippen MR) is 309 cm³/mol. The molecule has 15 aromatic rings. The van der Waals surface area contributed by atoms with Crippen molar-refractivity contribution >= 4 is 87.2 Å². The zero-order valence-electron chi connectivity index (χ0n) is 41.4. The van der Waals surface area contributed by atoms with Crippen LogP contribution in [0.3, 0.4) is 0 Å². The average molecular weight is 998 g/mol. The van der Waals surface area contributed by atoms with Gasteiger partial charge < -0.3 is 18.3 Å². The number of hydrogen-bond donors (Lipinski definition) is 0. The largest absolute Gasteiger partial charge is 0.416 e. The summed E-state index contributed by atoms with van der Waals surface area (Å²) in [5.41, 5.74) is 14.5. The number of nitrogens with zero attached hydrogens (tertiary/aromatic N) is 5. The summed E-state index contributed by atoms with van der Waals surface area (Å²) in [4.78, 5) is 0. The van der Waals surface area contributed by atoms with Crippen molar-refractivity contribution in [2.75, 3.05) is 0 Å². The Hall–Kier alpha value is -10.1. The molecule has 4 aromatic heterocycles. The number of nitriles is 1. The minimum Gasteiger partial charge on any atom is -0.309 e. The molecule has 364 valence electrons. The third-order valence-electron chi connectivity index (χ3n) is 15.6. The maximum Gasteiger partial charge on any atom is 0.416 e. The molecule has 0 aliphatic carbocycles. The van der Waals surface area contributed by atoms with E-state index in [0.29, 0.717) is 22.3 Å². The van der Waals surface area contributed by atoms with E-state index in [2.05, 4.69) is 188 Å². The van der Waals surface area contributed by atoms with E-state index >= 15 is 0 Å². The fraction of sp³-hybridized carbons (Fsp3) is 0.0290. The van der Waals surface area contributed by atoms with Gasteiger partial charge in [-0.3, -0.25) is 0 Å². The van der Waals surface area contributed by atoms with Crippen molar-refractivity contribution in [1.29, 1.82) is 5.26 Å². The van der Waals surface area contributed by atoms with Crippen LogP contribution in [0.25, 0.3) is 132 Å². The van der Waals surface area contributed by atoms with Gasteiger partial charge in [-0.2, -0.15) is 18.4 Å². The number of hydrogen-bond acceptors (Lipinski definition) is 1. The maximum absolute atomic E-state index is 14.7. The molecule has 77 heavy (non-hydrogen) atoms. The highest BCUT2D eigenvalue weighted by Gasteiger charge is 2.31. The van der Waals surface area contributed by atoms with Crippen LogP contribution in [0.15, 0.2) is 237 Å². The van der Waals surface area contributed by atoms with Crippen LogP contribution in [0, 0.1) is 18.3 Å². The topological polar surface area (TPSA) is 43.5 Å². The molecule has 0 fully saturated rings. The van der Waals surface area contributed by atoms with E-state index in [4.69, 9.17) is 0 Å². The average Bonchev–Trinajstić information content (AvgIpc) is 4.40. The van der Waals surface area contributed by atoms with Crippen molar-refractivity contribution in [3.05, 3.63) is 253 Å². The van der Waals surface area contributed by atoms with Crippen molar-refractivity contribution in [2.45, 2.75) is 13.1 Å². The highest BCUT2D eigenvalue weighted by Crippen LogP contribution is 2.46. The van der Waals surface area contributed by atoms with Gasteiger partial charge in [0.1, 0.15) is 0 Å². The summed E-state index contributed by atoms with van der Waals surface area (Å²) in [5, 5.41) is 19.6. The lowest BCUT2D eigenvalue weighted by molar-refractivity contribution is -0.137. The molecule has 8 heteroatoms. The molecule has 0 spiro atoms. The van der Waals surface area contributed by atoms with Gasteiger partial charge in [0.25, 0.3) is 0 Å². The van der Waals surface area contributed by atoms with Crippen molar-refractivity contribution in [2.24, 2.45) is 0 Å². The molecule has 4 heterocycles. The summed E-state index contributed by atoms with van der Waals surface area (Å²) in [5.74, 6) is 0. The molecule has 0 N–H and O–H groups in total.